The maximum atomic E-state index is 11.5. The van der Waals surface area contributed by atoms with Gasteiger partial charge in [0.2, 0.25) is 10.0 Å². The number of rotatable bonds is 7. The monoisotopic (exact) mass is 288 g/mol. The van der Waals surface area contributed by atoms with Crippen LogP contribution in [0.3, 0.4) is 0 Å². The van der Waals surface area contributed by atoms with Crippen LogP contribution in [0.5, 0.6) is 5.75 Å². The van der Waals surface area contributed by atoms with Crippen molar-refractivity contribution in [1.82, 2.24) is 4.72 Å². The summed E-state index contributed by atoms with van der Waals surface area (Å²) in [5, 5.41) is 7.12. The highest BCUT2D eigenvalue weighted by Gasteiger charge is 2.26. The number of sulfonamides is 1. The normalized spacial score (nSPS) is 12.9. The minimum atomic E-state index is -3.87. The van der Waals surface area contributed by atoms with Gasteiger partial charge >= 0.3 is 5.97 Å². The van der Waals surface area contributed by atoms with Crippen molar-refractivity contribution in [2.45, 2.75) is 12.2 Å². The first-order chi connectivity index (χ1) is 8.83. The van der Waals surface area contributed by atoms with Crippen LogP contribution in [0.4, 0.5) is 5.69 Å². The first-order valence-corrected chi connectivity index (χ1v) is 7.07. The molecule has 4 N–H and O–H groups in total. The zero-order valence-electron chi connectivity index (χ0n) is 10.4. The number of ether oxygens (including phenoxy) is 1. The Labute approximate surface area is 111 Å². The molecule has 8 heteroatoms. The third-order valence-electron chi connectivity index (χ3n) is 2.37. The highest BCUT2D eigenvalue weighted by molar-refractivity contribution is 7.90. The predicted molar refractivity (Wildman–Crippen MR) is 70.4 cm³/mol. The molecule has 1 aromatic rings. The van der Waals surface area contributed by atoms with Crippen LogP contribution in [0.15, 0.2) is 24.3 Å². The molecule has 1 aromatic carbocycles. The van der Waals surface area contributed by atoms with Crippen LogP contribution in [0, 0.1) is 0 Å². The van der Waals surface area contributed by atoms with E-state index < -0.39 is 21.2 Å². The average Bonchev–Trinajstić information content (AvgIpc) is 2.35. The van der Waals surface area contributed by atoms with Gasteiger partial charge in [-0.3, -0.25) is 4.79 Å². The van der Waals surface area contributed by atoms with Crippen molar-refractivity contribution in [2.75, 3.05) is 18.9 Å². The number of hydrogen-bond acceptors (Lipinski definition) is 5. The summed E-state index contributed by atoms with van der Waals surface area (Å²) in [4.78, 5) is 10.6. The number of carbonyl (C=O) groups is 1. The molecule has 19 heavy (non-hydrogen) atoms. The molecule has 0 aliphatic heterocycles. The van der Waals surface area contributed by atoms with Crippen molar-refractivity contribution in [1.29, 1.82) is 0 Å². The van der Waals surface area contributed by atoms with Crippen molar-refractivity contribution in [3.8, 4) is 5.75 Å². The number of nitrogens with one attached hydrogen (secondary N) is 1. The molecule has 0 radical (unpaired) electrons. The lowest BCUT2D eigenvalue weighted by atomic mass is 10.3. The molecule has 0 spiro atoms. The Balaban J connectivity index is 2.39. The smallest absolute Gasteiger partial charge is 0.323 e. The summed E-state index contributed by atoms with van der Waals surface area (Å²) in [5.41, 5.74) is 6.10. The van der Waals surface area contributed by atoms with Gasteiger partial charge in [-0.1, -0.05) is 0 Å². The van der Waals surface area contributed by atoms with E-state index in [4.69, 9.17) is 15.6 Å². The number of carboxylic acid groups (broad SMARTS) is 1. The topological polar surface area (TPSA) is 119 Å². The zero-order valence-corrected chi connectivity index (χ0v) is 11.2. The molecule has 0 aliphatic rings. The highest BCUT2D eigenvalue weighted by atomic mass is 32.2. The molecule has 1 unspecified atom stereocenters. The summed E-state index contributed by atoms with van der Waals surface area (Å²) in [6, 6.07) is 6.63. The number of benzene rings is 1. The van der Waals surface area contributed by atoms with Crippen LogP contribution < -0.4 is 15.2 Å². The van der Waals surface area contributed by atoms with Crippen molar-refractivity contribution >= 4 is 21.7 Å². The molecule has 0 heterocycles. The van der Waals surface area contributed by atoms with Gasteiger partial charge in [-0.2, -0.15) is 0 Å². The summed E-state index contributed by atoms with van der Waals surface area (Å²) < 4.78 is 30.4. The molecular weight excluding hydrogens is 272 g/mol. The highest BCUT2D eigenvalue weighted by Crippen LogP contribution is 2.12. The van der Waals surface area contributed by atoms with Gasteiger partial charge in [0, 0.05) is 12.2 Å². The van der Waals surface area contributed by atoms with E-state index in [1.807, 2.05) is 0 Å². The minimum Gasteiger partial charge on any atom is -0.492 e. The maximum absolute atomic E-state index is 11.5. The second-order valence-electron chi connectivity index (χ2n) is 3.84. The summed E-state index contributed by atoms with van der Waals surface area (Å²) in [7, 11) is -3.87. The van der Waals surface area contributed by atoms with E-state index in [1.165, 1.54) is 0 Å². The zero-order chi connectivity index (χ0) is 14.5. The van der Waals surface area contributed by atoms with E-state index in [-0.39, 0.29) is 13.2 Å². The first-order valence-electron chi connectivity index (χ1n) is 5.52. The van der Waals surface area contributed by atoms with E-state index in [2.05, 4.69) is 4.72 Å². The number of anilines is 1. The van der Waals surface area contributed by atoms with Crippen LogP contribution in [0.25, 0.3) is 0 Å². The second kappa shape index (κ2) is 6.39. The molecule has 0 saturated carbocycles. The van der Waals surface area contributed by atoms with Crippen molar-refractivity contribution in [3.63, 3.8) is 0 Å². The summed E-state index contributed by atoms with van der Waals surface area (Å²) in [6.07, 6.45) is 0. The van der Waals surface area contributed by atoms with Crippen molar-refractivity contribution < 1.29 is 23.1 Å². The molecule has 1 rings (SSSR count). The third-order valence-corrected chi connectivity index (χ3v) is 4.11. The molecule has 7 nitrogen and oxygen atoms in total. The van der Waals surface area contributed by atoms with E-state index in [0.29, 0.717) is 11.4 Å². The first kappa shape index (κ1) is 15.3. The van der Waals surface area contributed by atoms with Crippen molar-refractivity contribution in [3.05, 3.63) is 24.3 Å². The Bertz CT molecular complexity index is 527. The maximum Gasteiger partial charge on any atom is 0.323 e. The molecule has 106 valence electrons. The number of carboxylic acids is 1. The van der Waals surface area contributed by atoms with E-state index in [0.717, 1.165) is 6.92 Å². The van der Waals surface area contributed by atoms with Gasteiger partial charge in [0.1, 0.15) is 12.4 Å². The number of nitrogens with two attached hydrogens (primary N) is 1. The lowest BCUT2D eigenvalue weighted by molar-refractivity contribution is -0.136. The fourth-order valence-corrected chi connectivity index (χ4v) is 2.06. The number of nitrogen functional groups attached to an aromatic ring is 1. The van der Waals surface area contributed by atoms with Crippen LogP contribution in [0.1, 0.15) is 6.92 Å². The molecule has 0 fully saturated rings. The molecule has 1 atom stereocenters. The van der Waals surface area contributed by atoms with Crippen LogP contribution in [-0.4, -0.2) is 37.9 Å². The molecule has 0 aliphatic carbocycles. The van der Waals surface area contributed by atoms with Crippen LogP contribution >= 0.6 is 0 Å². The third kappa shape index (κ3) is 4.76. The minimum absolute atomic E-state index is 0.00959. The summed E-state index contributed by atoms with van der Waals surface area (Å²) >= 11 is 0. The Morgan fingerprint density at radius 3 is 2.53 bits per heavy atom. The fraction of sp³-hybridized carbons (Fsp3) is 0.364. The van der Waals surface area contributed by atoms with E-state index in [9.17, 15) is 13.2 Å². The lowest BCUT2D eigenvalue weighted by Gasteiger charge is -2.11. The van der Waals surface area contributed by atoms with Gasteiger partial charge in [-0.05, 0) is 31.2 Å². The lowest BCUT2D eigenvalue weighted by Crippen LogP contribution is -2.39. The Hall–Kier alpha value is -1.80. The SMILES string of the molecule is CC(C(=O)O)S(=O)(=O)NCCOc1ccc(N)cc1. The molecule has 0 aromatic heterocycles. The number of aliphatic carboxylic acids is 1. The van der Waals surface area contributed by atoms with E-state index in [1.54, 1.807) is 24.3 Å². The van der Waals surface area contributed by atoms with Gasteiger partial charge < -0.3 is 15.6 Å². The van der Waals surface area contributed by atoms with Gasteiger partial charge in [0.25, 0.3) is 0 Å². The standard InChI is InChI=1S/C11H16N2O5S/c1-8(11(14)15)19(16,17)13-6-7-18-10-4-2-9(12)3-5-10/h2-5,8,13H,6-7,12H2,1H3,(H,14,15). The van der Waals surface area contributed by atoms with Gasteiger partial charge in [-0.25, -0.2) is 13.1 Å². The fourth-order valence-electron chi connectivity index (χ4n) is 1.17. The van der Waals surface area contributed by atoms with Crippen LogP contribution in [-0.2, 0) is 14.8 Å². The van der Waals surface area contributed by atoms with Gasteiger partial charge in [-0.15, -0.1) is 0 Å². The van der Waals surface area contributed by atoms with Crippen molar-refractivity contribution in [2.24, 2.45) is 0 Å². The average molecular weight is 288 g/mol. The summed E-state index contributed by atoms with van der Waals surface area (Å²) in [5.74, 6) is -0.841. The number of hydrogen-bond donors (Lipinski definition) is 3. The quantitative estimate of drug-likeness (QED) is 0.481. The molecule has 0 bridgehead atoms. The van der Waals surface area contributed by atoms with Crippen LogP contribution in [0.2, 0.25) is 0 Å². The van der Waals surface area contributed by atoms with Gasteiger partial charge in [0.05, 0.1) is 0 Å². The molecule has 0 saturated heterocycles. The van der Waals surface area contributed by atoms with E-state index >= 15 is 0 Å². The largest absolute Gasteiger partial charge is 0.492 e. The molecular formula is C11H16N2O5S. The second-order valence-corrected chi connectivity index (χ2v) is 5.92. The molecule has 0 amide bonds. The Kier molecular flexibility index (Phi) is 5.13. The predicted octanol–water partition coefficient (Wildman–Crippen LogP) is 0.0401. The summed E-state index contributed by atoms with van der Waals surface area (Å²) in [6.45, 7) is 1.19. The Morgan fingerprint density at radius 2 is 2.00 bits per heavy atom. The Morgan fingerprint density at radius 1 is 1.42 bits per heavy atom. The van der Waals surface area contributed by atoms with Gasteiger partial charge in [0.15, 0.2) is 5.25 Å².